The highest BCUT2D eigenvalue weighted by atomic mass is 127. The molecular weight excluding hydrogens is 320 g/mol. The van der Waals surface area contributed by atoms with E-state index in [9.17, 15) is 9.18 Å². The number of rotatable bonds is 2. The Morgan fingerprint density at radius 3 is 2.81 bits per heavy atom. The molecule has 1 heterocycles. The van der Waals surface area contributed by atoms with Gasteiger partial charge in [0.1, 0.15) is 0 Å². The summed E-state index contributed by atoms with van der Waals surface area (Å²) < 4.78 is 15.4. The number of hydrogen-bond donors (Lipinski definition) is 1. The number of dihydropyridines is 1. The SMILES string of the molecule is O=Cc1ccccc1C1(F)C=C(I)C=CN1. The molecule has 0 spiro atoms. The molecule has 0 radical (unpaired) electrons. The molecule has 1 unspecified atom stereocenters. The predicted octanol–water partition coefficient (Wildman–Crippen LogP) is 3.06. The van der Waals surface area contributed by atoms with Crippen LogP contribution in [0.2, 0.25) is 0 Å². The number of carbonyl (C=O) groups is 1. The first-order valence-electron chi connectivity index (χ1n) is 4.72. The quantitative estimate of drug-likeness (QED) is 0.513. The molecule has 82 valence electrons. The first kappa shape index (κ1) is 11.3. The van der Waals surface area contributed by atoms with E-state index in [2.05, 4.69) is 5.32 Å². The first-order valence-corrected chi connectivity index (χ1v) is 5.80. The number of carbonyl (C=O) groups excluding carboxylic acids is 1. The van der Waals surface area contributed by atoms with E-state index in [0.29, 0.717) is 17.4 Å². The van der Waals surface area contributed by atoms with Crippen molar-refractivity contribution in [3.05, 3.63) is 57.3 Å². The molecule has 1 N–H and O–H groups in total. The topological polar surface area (TPSA) is 29.1 Å². The van der Waals surface area contributed by atoms with Gasteiger partial charge < -0.3 is 5.32 Å². The van der Waals surface area contributed by atoms with Crippen LogP contribution in [0.3, 0.4) is 0 Å². The van der Waals surface area contributed by atoms with Crippen LogP contribution in [0.25, 0.3) is 0 Å². The van der Waals surface area contributed by atoms with E-state index in [0.717, 1.165) is 3.58 Å². The summed E-state index contributed by atoms with van der Waals surface area (Å²) in [7, 11) is 0. The average molecular weight is 329 g/mol. The number of allylic oxidation sites excluding steroid dienone is 2. The van der Waals surface area contributed by atoms with Gasteiger partial charge in [-0.3, -0.25) is 4.79 Å². The van der Waals surface area contributed by atoms with E-state index in [4.69, 9.17) is 0 Å². The second kappa shape index (κ2) is 4.37. The largest absolute Gasteiger partial charge is 0.353 e. The molecule has 1 aliphatic heterocycles. The van der Waals surface area contributed by atoms with Crippen LogP contribution in [-0.2, 0) is 5.79 Å². The zero-order valence-corrected chi connectivity index (χ0v) is 10.4. The Morgan fingerprint density at radius 2 is 2.12 bits per heavy atom. The maximum atomic E-state index is 14.6. The monoisotopic (exact) mass is 329 g/mol. The van der Waals surface area contributed by atoms with Crippen molar-refractivity contribution < 1.29 is 9.18 Å². The molecule has 4 heteroatoms. The lowest BCUT2D eigenvalue weighted by atomic mass is 9.97. The minimum Gasteiger partial charge on any atom is -0.353 e. The van der Waals surface area contributed by atoms with E-state index in [1.54, 1.807) is 36.5 Å². The number of hydrogen-bond acceptors (Lipinski definition) is 2. The maximum Gasteiger partial charge on any atom is 0.226 e. The van der Waals surface area contributed by atoms with Gasteiger partial charge in [-0.15, -0.1) is 0 Å². The molecule has 1 aliphatic rings. The van der Waals surface area contributed by atoms with Gasteiger partial charge in [0.15, 0.2) is 6.29 Å². The lowest BCUT2D eigenvalue weighted by molar-refractivity contribution is 0.111. The Kier molecular flexibility index (Phi) is 3.09. The molecule has 0 saturated carbocycles. The zero-order chi connectivity index (χ0) is 11.6. The molecule has 16 heavy (non-hydrogen) atoms. The van der Waals surface area contributed by atoms with E-state index < -0.39 is 5.79 Å². The van der Waals surface area contributed by atoms with Crippen molar-refractivity contribution in [2.24, 2.45) is 0 Å². The van der Waals surface area contributed by atoms with Gasteiger partial charge >= 0.3 is 0 Å². The molecular formula is C12H9FINO. The summed E-state index contributed by atoms with van der Waals surface area (Å²) in [6.45, 7) is 0. The van der Waals surface area contributed by atoms with Gasteiger partial charge in [0.25, 0.3) is 0 Å². The fourth-order valence-corrected chi connectivity index (χ4v) is 2.22. The van der Waals surface area contributed by atoms with E-state index in [1.807, 2.05) is 22.6 Å². The third kappa shape index (κ3) is 2.02. The maximum absolute atomic E-state index is 14.6. The molecule has 2 nitrogen and oxygen atoms in total. The predicted molar refractivity (Wildman–Crippen MR) is 69.0 cm³/mol. The number of halogens is 2. The molecule has 1 aromatic carbocycles. The fraction of sp³-hybridized carbons (Fsp3) is 0.0833. The summed E-state index contributed by atoms with van der Waals surface area (Å²) in [4.78, 5) is 10.9. The highest BCUT2D eigenvalue weighted by Crippen LogP contribution is 2.32. The van der Waals surface area contributed by atoms with Crippen LogP contribution >= 0.6 is 22.6 Å². The molecule has 1 aromatic rings. The summed E-state index contributed by atoms with van der Waals surface area (Å²) in [6.07, 6.45) is 5.43. The summed E-state index contributed by atoms with van der Waals surface area (Å²) in [5.41, 5.74) is 0.691. The van der Waals surface area contributed by atoms with Crippen LogP contribution in [-0.4, -0.2) is 6.29 Å². The summed E-state index contributed by atoms with van der Waals surface area (Å²) >= 11 is 2.04. The molecule has 0 saturated heterocycles. The molecule has 2 rings (SSSR count). The molecule has 0 fully saturated rings. The minimum absolute atomic E-state index is 0.337. The van der Waals surface area contributed by atoms with Gasteiger partial charge in [-0.05, 0) is 34.7 Å². The minimum atomic E-state index is -1.80. The van der Waals surface area contributed by atoms with Crippen molar-refractivity contribution in [1.29, 1.82) is 0 Å². The standard InChI is InChI=1S/C12H9FINO/c13-12(7-10(14)5-6-15-12)11-4-2-1-3-9(11)8-16/h1-8,15H. The number of aldehydes is 1. The normalized spacial score (nSPS) is 23.5. The van der Waals surface area contributed by atoms with Crippen LogP contribution in [0, 0.1) is 0 Å². The second-order valence-corrected chi connectivity index (χ2v) is 4.67. The molecule has 0 aromatic heterocycles. The van der Waals surface area contributed by atoms with Gasteiger partial charge in [0.2, 0.25) is 5.79 Å². The smallest absolute Gasteiger partial charge is 0.226 e. The van der Waals surface area contributed by atoms with Gasteiger partial charge in [-0.1, -0.05) is 24.3 Å². The van der Waals surface area contributed by atoms with Crippen LogP contribution < -0.4 is 5.32 Å². The Bertz CT molecular complexity index is 484. The molecule has 0 bridgehead atoms. The summed E-state index contributed by atoms with van der Waals surface area (Å²) in [5, 5.41) is 2.63. The van der Waals surface area contributed by atoms with Crippen LogP contribution in [0.1, 0.15) is 15.9 Å². The van der Waals surface area contributed by atoms with Crippen LogP contribution in [0.5, 0.6) is 0 Å². The Labute approximate surface area is 106 Å². The van der Waals surface area contributed by atoms with Gasteiger partial charge in [-0.25, -0.2) is 4.39 Å². The summed E-state index contributed by atoms with van der Waals surface area (Å²) in [6, 6.07) is 6.63. The van der Waals surface area contributed by atoms with Crippen molar-refractivity contribution in [2.75, 3.05) is 0 Å². The number of benzene rings is 1. The fourth-order valence-electron chi connectivity index (χ4n) is 1.61. The molecule has 0 aliphatic carbocycles. The zero-order valence-electron chi connectivity index (χ0n) is 8.28. The number of alkyl halides is 1. The first-order chi connectivity index (χ1) is 7.65. The van der Waals surface area contributed by atoms with Crippen molar-refractivity contribution >= 4 is 28.9 Å². The van der Waals surface area contributed by atoms with Crippen molar-refractivity contribution in [2.45, 2.75) is 5.79 Å². The molecule has 1 atom stereocenters. The average Bonchev–Trinajstić information content (AvgIpc) is 2.29. The van der Waals surface area contributed by atoms with Crippen molar-refractivity contribution in [1.82, 2.24) is 5.32 Å². The van der Waals surface area contributed by atoms with Gasteiger partial charge in [0, 0.05) is 20.9 Å². The van der Waals surface area contributed by atoms with Gasteiger partial charge in [-0.2, -0.15) is 0 Å². The third-order valence-electron chi connectivity index (χ3n) is 2.35. The second-order valence-electron chi connectivity index (χ2n) is 3.42. The van der Waals surface area contributed by atoms with E-state index >= 15 is 0 Å². The highest BCUT2D eigenvalue weighted by molar-refractivity contribution is 14.1. The molecule has 0 amide bonds. The van der Waals surface area contributed by atoms with Crippen LogP contribution in [0.4, 0.5) is 4.39 Å². The van der Waals surface area contributed by atoms with Crippen LogP contribution in [0.15, 0.2) is 46.2 Å². The lowest BCUT2D eigenvalue weighted by Crippen LogP contribution is -2.35. The summed E-state index contributed by atoms with van der Waals surface area (Å²) in [5.74, 6) is -1.80. The van der Waals surface area contributed by atoms with Gasteiger partial charge in [0.05, 0.1) is 0 Å². The lowest BCUT2D eigenvalue weighted by Gasteiger charge is -2.26. The third-order valence-corrected chi connectivity index (χ3v) is 3.02. The van der Waals surface area contributed by atoms with Crippen molar-refractivity contribution in [3.8, 4) is 0 Å². The van der Waals surface area contributed by atoms with E-state index in [1.165, 1.54) is 6.08 Å². The Morgan fingerprint density at radius 1 is 1.38 bits per heavy atom. The number of nitrogens with one attached hydrogen (secondary N) is 1. The van der Waals surface area contributed by atoms with E-state index in [-0.39, 0.29) is 0 Å². The Hall–Kier alpha value is -1.17. The Balaban J connectivity index is 2.51. The van der Waals surface area contributed by atoms with Crippen molar-refractivity contribution in [3.63, 3.8) is 0 Å². The highest BCUT2D eigenvalue weighted by Gasteiger charge is 2.32.